The molecule has 0 bridgehead atoms. The first kappa shape index (κ1) is 10.2. The van der Waals surface area contributed by atoms with Crippen LogP contribution in [0.25, 0.3) is 0 Å². The van der Waals surface area contributed by atoms with E-state index in [1.54, 1.807) is 6.92 Å². The van der Waals surface area contributed by atoms with E-state index in [9.17, 15) is 4.79 Å². The third-order valence-electron chi connectivity index (χ3n) is 3.54. The maximum atomic E-state index is 11.5. The highest BCUT2D eigenvalue weighted by Crippen LogP contribution is 2.50. The van der Waals surface area contributed by atoms with E-state index >= 15 is 0 Å². The highest BCUT2D eigenvalue weighted by molar-refractivity contribution is 5.93. The Labute approximate surface area is 89.7 Å². The predicted octanol–water partition coefficient (Wildman–Crippen LogP) is 2.19. The normalized spacial score (nSPS) is 31.2. The Morgan fingerprint density at radius 2 is 2.07 bits per heavy atom. The minimum atomic E-state index is -0.434. The Kier molecular flexibility index (Phi) is 2.77. The molecule has 0 heterocycles. The summed E-state index contributed by atoms with van der Waals surface area (Å²) < 4.78 is 4.88. The summed E-state index contributed by atoms with van der Waals surface area (Å²) in [5, 5.41) is 8.97. The van der Waals surface area contributed by atoms with Crippen molar-refractivity contribution in [1.29, 1.82) is 5.26 Å². The predicted molar refractivity (Wildman–Crippen MR) is 54.7 cm³/mol. The summed E-state index contributed by atoms with van der Waals surface area (Å²) in [5.74, 6) is 1.03. The Bertz CT molecular complexity index is 337. The van der Waals surface area contributed by atoms with Crippen molar-refractivity contribution in [3.8, 4) is 6.07 Å². The van der Waals surface area contributed by atoms with Crippen LogP contribution in [0, 0.1) is 23.2 Å². The number of ether oxygens (including phenoxy) is 1. The van der Waals surface area contributed by atoms with Crippen LogP contribution in [0.4, 0.5) is 0 Å². The van der Waals surface area contributed by atoms with Crippen molar-refractivity contribution >= 4 is 5.97 Å². The van der Waals surface area contributed by atoms with Crippen molar-refractivity contribution in [1.82, 2.24) is 0 Å². The van der Waals surface area contributed by atoms with Gasteiger partial charge in [0.25, 0.3) is 0 Å². The van der Waals surface area contributed by atoms with Crippen LogP contribution in [-0.4, -0.2) is 12.6 Å². The van der Waals surface area contributed by atoms with Gasteiger partial charge in [0.2, 0.25) is 0 Å². The Hall–Kier alpha value is -1.30. The second kappa shape index (κ2) is 4.06. The third kappa shape index (κ3) is 1.77. The second-order valence-electron chi connectivity index (χ2n) is 4.32. The van der Waals surface area contributed by atoms with Crippen LogP contribution in [0.5, 0.6) is 0 Å². The van der Waals surface area contributed by atoms with Crippen LogP contribution < -0.4 is 0 Å². The lowest BCUT2D eigenvalue weighted by Gasteiger charge is -2.28. The van der Waals surface area contributed by atoms with Gasteiger partial charge in [-0.2, -0.15) is 5.26 Å². The summed E-state index contributed by atoms with van der Waals surface area (Å²) in [6.07, 6.45) is 4.39. The molecule has 0 aliphatic heterocycles. The van der Waals surface area contributed by atoms with Gasteiger partial charge in [-0.1, -0.05) is 0 Å². The molecule has 0 radical (unpaired) electrons. The highest BCUT2D eigenvalue weighted by Gasteiger charge is 2.39. The maximum Gasteiger partial charge on any atom is 0.348 e. The number of fused-ring (bicyclic) bond motifs is 1. The summed E-state index contributed by atoms with van der Waals surface area (Å²) in [6, 6.07) is 2.00. The molecule has 15 heavy (non-hydrogen) atoms. The van der Waals surface area contributed by atoms with E-state index in [1.165, 1.54) is 12.8 Å². The fourth-order valence-corrected chi connectivity index (χ4v) is 2.57. The first-order valence-electron chi connectivity index (χ1n) is 5.55. The maximum absolute atomic E-state index is 11.5. The van der Waals surface area contributed by atoms with Crippen LogP contribution in [0.15, 0.2) is 11.1 Å². The van der Waals surface area contributed by atoms with Gasteiger partial charge < -0.3 is 4.74 Å². The van der Waals surface area contributed by atoms with Crippen LogP contribution in [0.2, 0.25) is 0 Å². The molecular formula is C12H15NO2. The second-order valence-corrected chi connectivity index (χ2v) is 4.32. The van der Waals surface area contributed by atoms with Gasteiger partial charge in [0.1, 0.15) is 11.6 Å². The number of hydrogen-bond acceptors (Lipinski definition) is 3. The number of hydrogen-bond donors (Lipinski definition) is 0. The SMILES string of the molecule is CCOC(=O)/C(C#N)=C1\C[C@H]2CC[C@H]2C1. The summed E-state index contributed by atoms with van der Waals surface area (Å²) in [6.45, 7) is 2.10. The van der Waals surface area contributed by atoms with Gasteiger partial charge in [-0.15, -0.1) is 0 Å². The van der Waals surface area contributed by atoms with Gasteiger partial charge in [-0.3, -0.25) is 0 Å². The number of nitriles is 1. The van der Waals surface area contributed by atoms with Crippen molar-refractivity contribution < 1.29 is 9.53 Å². The summed E-state index contributed by atoms with van der Waals surface area (Å²) in [5.41, 5.74) is 1.30. The molecule has 0 aromatic rings. The van der Waals surface area contributed by atoms with Gasteiger partial charge in [0.15, 0.2) is 0 Å². The van der Waals surface area contributed by atoms with Crippen molar-refractivity contribution in [2.75, 3.05) is 6.61 Å². The summed E-state index contributed by atoms with van der Waals surface area (Å²) >= 11 is 0. The molecule has 0 spiro atoms. The number of esters is 1. The molecule has 80 valence electrons. The van der Waals surface area contributed by atoms with Crippen LogP contribution >= 0.6 is 0 Å². The molecule has 2 atom stereocenters. The quantitative estimate of drug-likeness (QED) is 0.394. The Morgan fingerprint density at radius 3 is 2.47 bits per heavy atom. The molecule has 0 amide bonds. The van der Waals surface area contributed by atoms with Gasteiger partial charge in [0.05, 0.1) is 6.61 Å². The minimum Gasteiger partial charge on any atom is -0.462 e. The molecule has 2 rings (SSSR count). The highest BCUT2D eigenvalue weighted by atomic mass is 16.5. The van der Waals surface area contributed by atoms with Gasteiger partial charge >= 0.3 is 5.97 Å². The van der Waals surface area contributed by atoms with Crippen LogP contribution in [0.1, 0.15) is 32.6 Å². The molecule has 3 heteroatoms. The number of rotatable bonds is 2. The van der Waals surface area contributed by atoms with E-state index in [1.807, 2.05) is 6.07 Å². The topological polar surface area (TPSA) is 50.1 Å². The first-order valence-corrected chi connectivity index (χ1v) is 5.55. The van der Waals surface area contributed by atoms with Gasteiger partial charge in [-0.25, -0.2) is 4.79 Å². The van der Waals surface area contributed by atoms with Crippen molar-refractivity contribution in [3.05, 3.63) is 11.1 Å². The van der Waals surface area contributed by atoms with E-state index in [0.29, 0.717) is 6.61 Å². The van der Waals surface area contributed by atoms with Gasteiger partial charge in [0, 0.05) is 0 Å². The fourth-order valence-electron chi connectivity index (χ4n) is 2.57. The fraction of sp³-hybridized carbons (Fsp3) is 0.667. The molecule has 2 aliphatic carbocycles. The number of carbonyl (C=O) groups is 1. The molecule has 2 fully saturated rings. The molecular weight excluding hydrogens is 190 g/mol. The van der Waals surface area contributed by atoms with E-state index in [-0.39, 0.29) is 5.57 Å². The summed E-state index contributed by atoms with van der Waals surface area (Å²) in [7, 11) is 0. The monoisotopic (exact) mass is 205 g/mol. The lowest BCUT2D eigenvalue weighted by Crippen LogP contribution is -2.18. The van der Waals surface area contributed by atoms with E-state index in [4.69, 9.17) is 10.00 Å². The Morgan fingerprint density at radius 1 is 1.47 bits per heavy atom. The number of carbonyl (C=O) groups excluding carboxylic acids is 1. The molecule has 0 aromatic carbocycles. The zero-order chi connectivity index (χ0) is 10.8. The zero-order valence-corrected chi connectivity index (χ0v) is 8.95. The van der Waals surface area contributed by atoms with E-state index in [2.05, 4.69) is 0 Å². The number of nitrogens with zero attached hydrogens (tertiary/aromatic N) is 1. The molecule has 0 aromatic heterocycles. The third-order valence-corrected chi connectivity index (χ3v) is 3.54. The molecule has 2 saturated carbocycles. The van der Waals surface area contributed by atoms with E-state index in [0.717, 1.165) is 30.3 Å². The first-order chi connectivity index (χ1) is 7.26. The van der Waals surface area contributed by atoms with E-state index < -0.39 is 5.97 Å². The number of allylic oxidation sites excluding steroid dienone is 1. The molecule has 2 aliphatic rings. The van der Waals surface area contributed by atoms with Crippen molar-refractivity contribution in [2.45, 2.75) is 32.6 Å². The molecule has 3 nitrogen and oxygen atoms in total. The smallest absolute Gasteiger partial charge is 0.348 e. The average molecular weight is 205 g/mol. The van der Waals surface area contributed by atoms with Crippen molar-refractivity contribution in [3.63, 3.8) is 0 Å². The minimum absolute atomic E-state index is 0.270. The lowest BCUT2D eigenvalue weighted by molar-refractivity contribution is -0.138. The Balaban J connectivity index is 2.14. The molecule has 0 unspecified atom stereocenters. The van der Waals surface area contributed by atoms with Crippen LogP contribution in [0.3, 0.4) is 0 Å². The summed E-state index contributed by atoms with van der Waals surface area (Å²) in [4.78, 5) is 11.5. The molecule has 0 saturated heterocycles. The van der Waals surface area contributed by atoms with Gasteiger partial charge in [-0.05, 0) is 50.0 Å². The standard InChI is InChI=1S/C12H15NO2/c1-2-15-12(14)11(7-13)10-5-8-3-4-9(8)6-10/h8-9H,2-6H2,1H3/b11-10-/t8-,9+/m0/s1. The average Bonchev–Trinajstić information content (AvgIpc) is 2.46. The largest absolute Gasteiger partial charge is 0.462 e. The molecule has 0 N–H and O–H groups in total. The van der Waals surface area contributed by atoms with Crippen molar-refractivity contribution in [2.24, 2.45) is 11.8 Å². The van der Waals surface area contributed by atoms with Crippen LogP contribution in [-0.2, 0) is 9.53 Å². The zero-order valence-electron chi connectivity index (χ0n) is 8.95. The lowest BCUT2D eigenvalue weighted by atomic mass is 9.77.